The Bertz CT molecular complexity index is 568. The zero-order valence-corrected chi connectivity index (χ0v) is 9.53. The largest absolute Gasteiger partial charge is 0.486 e. The van der Waals surface area contributed by atoms with E-state index in [1.807, 2.05) is 18.2 Å². The molecular weight excluding hydrogens is 244 g/mol. The van der Waals surface area contributed by atoms with Gasteiger partial charge in [-0.2, -0.15) is 0 Å². The number of hydrogen-bond donors (Lipinski definition) is 1. The van der Waals surface area contributed by atoms with Crippen LogP contribution in [0.2, 0.25) is 5.02 Å². The van der Waals surface area contributed by atoms with Crippen LogP contribution in [0.1, 0.15) is 0 Å². The van der Waals surface area contributed by atoms with Crippen molar-refractivity contribution in [3.05, 3.63) is 23.2 Å². The summed E-state index contributed by atoms with van der Waals surface area (Å²) >= 11 is 6.01. The van der Waals surface area contributed by atoms with Crippen LogP contribution in [0.15, 0.2) is 22.7 Å². The molecule has 17 heavy (non-hydrogen) atoms. The number of hydrogen-bond acceptors (Lipinski definition) is 5. The molecule has 0 spiro atoms. The van der Waals surface area contributed by atoms with Crippen LogP contribution in [0.5, 0.6) is 11.5 Å². The minimum absolute atomic E-state index is 0.163. The van der Waals surface area contributed by atoms with Crippen molar-refractivity contribution in [1.29, 1.82) is 0 Å². The van der Waals surface area contributed by atoms with Crippen molar-refractivity contribution in [2.75, 3.05) is 18.9 Å². The van der Waals surface area contributed by atoms with E-state index in [-0.39, 0.29) is 10.8 Å². The summed E-state index contributed by atoms with van der Waals surface area (Å²) in [6.45, 7) is 1.02. The Labute approximate surface area is 102 Å². The highest BCUT2D eigenvalue weighted by molar-refractivity contribution is 6.35. The van der Waals surface area contributed by atoms with Crippen LogP contribution in [0.4, 0.5) is 5.82 Å². The second-order valence-electron chi connectivity index (χ2n) is 3.54. The smallest absolute Gasteiger partial charge is 0.191 e. The summed E-state index contributed by atoms with van der Waals surface area (Å²) in [5, 5.41) is 3.90. The molecule has 0 saturated carbocycles. The average molecular weight is 253 g/mol. The normalized spacial score (nSPS) is 13.7. The lowest BCUT2D eigenvalue weighted by Gasteiger charge is -2.19. The highest BCUT2D eigenvalue weighted by Gasteiger charge is 2.22. The van der Waals surface area contributed by atoms with Gasteiger partial charge in [-0.15, -0.1) is 0 Å². The number of halogens is 1. The molecule has 2 N–H and O–H groups in total. The molecule has 0 amide bonds. The number of nitrogens with zero attached hydrogens (tertiary/aromatic N) is 1. The van der Waals surface area contributed by atoms with Crippen molar-refractivity contribution in [2.24, 2.45) is 0 Å². The number of rotatable bonds is 1. The monoisotopic (exact) mass is 252 g/mol. The molecule has 6 heteroatoms. The van der Waals surface area contributed by atoms with E-state index in [2.05, 4.69) is 5.16 Å². The highest BCUT2D eigenvalue weighted by atomic mass is 35.5. The molecule has 1 aromatic heterocycles. The van der Waals surface area contributed by atoms with Gasteiger partial charge in [0.05, 0.1) is 5.56 Å². The van der Waals surface area contributed by atoms with Crippen molar-refractivity contribution in [2.45, 2.75) is 0 Å². The summed E-state index contributed by atoms with van der Waals surface area (Å²) in [4.78, 5) is 0. The fraction of sp³-hybridized carbons (Fsp3) is 0.182. The van der Waals surface area contributed by atoms with Gasteiger partial charge in [0.25, 0.3) is 0 Å². The standard InChI is InChI=1S/C11H9ClN2O3/c12-8-10(17-14-11(8)13)6-2-1-3-7-9(6)16-5-4-15-7/h1-3H,4-5H2,(H2,13,14). The van der Waals surface area contributed by atoms with Crippen molar-refractivity contribution < 1.29 is 14.0 Å². The Morgan fingerprint density at radius 2 is 2.06 bits per heavy atom. The molecule has 1 aromatic carbocycles. The van der Waals surface area contributed by atoms with Crippen LogP contribution in [0.25, 0.3) is 11.3 Å². The predicted molar refractivity (Wildman–Crippen MR) is 62.4 cm³/mol. The van der Waals surface area contributed by atoms with Gasteiger partial charge in [0.15, 0.2) is 23.1 Å². The van der Waals surface area contributed by atoms with Crippen LogP contribution in [0.3, 0.4) is 0 Å². The van der Waals surface area contributed by atoms with Gasteiger partial charge in [0.2, 0.25) is 0 Å². The van der Waals surface area contributed by atoms with Crippen LogP contribution < -0.4 is 15.2 Å². The van der Waals surface area contributed by atoms with Gasteiger partial charge in [-0.25, -0.2) is 0 Å². The first-order chi connectivity index (χ1) is 8.27. The van der Waals surface area contributed by atoms with Gasteiger partial charge < -0.3 is 19.7 Å². The molecule has 3 rings (SSSR count). The molecular formula is C11H9ClN2O3. The Balaban J connectivity index is 2.18. The first-order valence-corrected chi connectivity index (χ1v) is 5.45. The molecule has 0 bridgehead atoms. The number of ether oxygens (including phenoxy) is 2. The van der Waals surface area contributed by atoms with Crippen molar-refractivity contribution >= 4 is 17.4 Å². The summed E-state index contributed by atoms with van der Waals surface area (Å²) in [7, 11) is 0. The third kappa shape index (κ3) is 1.59. The molecule has 0 atom stereocenters. The van der Waals surface area contributed by atoms with E-state index in [0.29, 0.717) is 36.0 Å². The summed E-state index contributed by atoms with van der Waals surface area (Å²) in [6.07, 6.45) is 0. The summed E-state index contributed by atoms with van der Waals surface area (Å²) < 4.78 is 16.1. The minimum atomic E-state index is 0.163. The zero-order chi connectivity index (χ0) is 11.8. The number of para-hydroxylation sites is 1. The highest BCUT2D eigenvalue weighted by Crippen LogP contribution is 2.43. The quantitative estimate of drug-likeness (QED) is 0.844. The predicted octanol–water partition coefficient (Wildman–Crippen LogP) is 2.35. The summed E-state index contributed by atoms with van der Waals surface area (Å²) in [5.41, 5.74) is 6.24. The first-order valence-electron chi connectivity index (χ1n) is 5.07. The van der Waals surface area contributed by atoms with Crippen molar-refractivity contribution in [3.63, 3.8) is 0 Å². The molecule has 2 heterocycles. The van der Waals surface area contributed by atoms with E-state index < -0.39 is 0 Å². The maximum absolute atomic E-state index is 6.01. The Morgan fingerprint density at radius 1 is 1.24 bits per heavy atom. The van der Waals surface area contributed by atoms with Crippen molar-refractivity contribution in [3.8, 4) is 22.8 Å². The third-order valence-corrected chi connectivity index (χ3v) is 2.84. The molecule has 5 nitrogen and oxygen atoms in total. The molecule has 88 valence electrons. The van der Waals surface area contributed by atoms with E-state index in [1.54, 1.807) is 0 Å². The lowest BCUT2D eigenvalue weighted by atomic mass is 10.1. The Morgan fingerprint density at radius 3 is 2.82 bits per heavy atom. The second kappa shape index (κ2) is 3.85. The minimum Gasteiger partial charge on any atom is -0.486 e. The maximum Gasteiger partial charge on any atom is 0.191 e. The average Bonchev–Trinajstić information content (AvgIpc) is 2.69. The SMILES string of the molecule is Nc1noc(-c2cccc3c2OCCO3)c1Cl. The summed E-state index contributed by atoms with van der Waals surface area (Å²) in [5.74, 6) is 1.83. The lowest BCUT2D eigenvalue weighted by molar-refractivity contribution is 0.172. The summed E-state index contributed by atoms with van der Waals surface area (Å²) in [6, 6.07) is 5.48. The Hall–Kier alpha value is -1.88. The van der Waals surface area contributed by atoms with Crippen molar-refractivity contribution in [1.82, 2.24) is 5.16 Å². The van der Waals surface area contributed by atoms with Gasteiger partial charge in [-0.05, 0) is 12.1 Å². The lowest BCUT2D eigenvalue weighted by Crippen LogP contribution is -2.15. The van der Waals surface area contributed by atoms with Gasteiger partial charge in [-0.1, -0.05) is 22.8 Å². The van der Waals surface area contributed by atoms with Gasteiger partial charge >= 0.3 is 0 Å². The molecule has 0 fully saturated rings. The van der Waals surface area contributed by atoms with Gasteiger partial charge in [0, 0.05) is 0 Å². The number of benzene rings is 1. The fourth-order valence-electron chi connectivity index (χ4n) is 1.71. The number of anilines is 1. The molecule has 0 saturated heterocycles. The molecule has 2 aromatic rings. The molecule has 0 unspecified atom stereocenters. The number of nitrogens with two attached hydrogens (primary N) is 1. The number of aromatic nitrogens is 1. The van der Waals surface area contributed by atoms with E-state index in [1.165, 1.54) is 0 Å². The Kier molecular flexibility index (Phi) is 2.33. The number of nitrogen functional groups attached to an aromatic ring is 1. The van der Waals surface area contributed by atoms with E-state index in [0.717, 1.165) is 0 Å². The van der Waals surface area contributed by atoms with Crippen LogP contribution in [0, 0.1) is 0 Å². The first kappa shape index (κ1) is 10.3. The molecule has 1 aliphatic rings. The fourth-order valence-corrected chi connectivity index (χ4v) is 1.88. The van der Waals surface area contributed by atoms with Crippen LogP contribution in [-0.4, -0.2) is 18.4 Å². The van der Waals surface area contributed by atoms with Gasteiger partial charge in [-0.3, -0.25) is 0 Å². The van der Waals surface area contributed by atoms with E-state index in [9.17, 15) is 0 Å². The topological polar surface area (TPSA) is 70.5 Å². The van der Waals surface area contributed by atoms with Crippen LogP contribution >= 0.6 is 11.6 Å². The molecule has 1 aliphatic heterocycles. The van der Waals surface area contributed by atoms with E-state index in [4.69, 9.17) is 31.3 Å². The van der Waals surface area contributed by atoms with Crippen LogP contribution in [-0.2, 0) is 0 Å². The zero-order valence-electron chi connectivity index (χ0n) is 8.77. The van der Waals surface area contributed by atoms with E-state index >= 15 is 0 Å². The second-order valence-corrected chi connectivity index (χ2v) is 3.92. The van der Waals surface area contributed by atoms with Gasteiger partial charge in [0.1, 0.15) is 18.2 Å². The number of fused-ring (bicyclic) bond motifs is 1. The molecule has 0 radical (unpaired) electrons. The third-order valence-electron chi connectivity index (χ3n) is 2.47. The molecule has 0 aliphatic carbocycles. The maximum atomic E-state index is 6.01.